The van der Waals surface area contributed by atoms with Crippen molar-refractivity contribution in [3.05, 3.63) is 89.6 Å². The second kappa shape index (κ2) is 6.76. The van der Waals surface area contributed by atoms with E-state index in [1.807, 2.05) is 61.5 Å². The van der Waals surface area contributed by atoms with E-state index in [0.29, 0.717) is 5.56 Å². The van der Waals surface area contributed by atoms with Crippen LogP contribution in [0.15, 0.2) is 77.9 Å². The zero-order chi connectivity index (χ0) is 17.9. The Bertz CT molecular complexity index is 1140. The molecule has 4 nitrogen and oxygen atoms in total. The summed E-state index contributed by atoms with van der Waals surface area (Å²) in [6.45, 7) is 1.88. The molecule has 0 radical (unpaired) electrons. The van der Waals surface area contributed by atoms with E-state index in [4.69, 9.17) is 0 Å². The molecule has 4 rings (SSSR count). The van der Waals surface area contributed by atoms with Gasteiger partial charge in [-0.2, -0.15) is 5.10 Å². The van der Waals surface area contributed by atoms with Crippen LogP contribution in [-0.2, 0) is 0 Å². The number of nitrogens with one attached hydrogen (secondary N) is 1. The van der Waals surface area contributed by atoms with Crippen molar-refractivity contribution in [1.29, 1.82) is 0 Å². The van der Waals surface area contributed by atoms with E-state index in [1.165, 1.54) is 0 Å². The van der Waals surface area contributed by atoms with Crippen LogP contribution in [0.4, 0.5) is 0 Å². The summed E-state index contributed by atoms with van der Waals surface area (Å²) in [5, 5.41) is 7.21. The van der Waals surface area contributed by atoms with Crippen LogP contribution in [0.5, 0.6) is 0 Å². The molecule has 4 aromatic rings. The van der Waals surface area contributed by atoms with Gasteiger partial charge in [-0.3, -0.25) is 9.78 Å². The number of carbonyl (C=O) groups excluding carboxylic acids is 1. The summed E-state index contributed by atoms with van der Waals surface area (Å²) in [4.78, 5) is 17.1. The van der Waals surface area contributed by atoms with Gasteiger partial charge in [0.15, 0.2) is 0 Å². The molecule has 0 atom stereocenters. The number of hydrazone groups is 1. The minimum atomic E-state index is -0.247. The summed E-state index contributed by atoms with van der Waals surface area (Å²) in [6.07, 6.45) is 1.68. The molecule has 26 heavy (non-hydrogen) atoms. The molecule has 1 heterocycles. The molecular weight excluding hydrogens is 322 g/mol. The van der Waals surface area contributed by atoms with Crippen molar-refractivity contribution < 1.29 is 4.79 Å². The summed E-state index contributed by atoms with van der Waals surface area (Å²) in [5.74, 6) is -0.247. The zero-order valence-corrected chi connectivity index (χ0v) is 14.3. The molecule has 4 heteroatoms. The summed E-state index contributed by atoms with van der Waals surface area (Å²) >= 11 is 0. The first-order valence-electron chi connectivity index (χ1n) is 8.40. The normalized spacial score (nSPS) is 11.3. The van der Waals surface area contributed by atoms with Crippen molar-refractivity contribution in [2.75, 3.05) is 0 Å². The molecule has 0 aliphatic carbocycles. The third kappa shape index (κ3) is 3.05. The summed E-state index contributed by atoms with van der Waals surface area (Å²) in [6, 6.07) is 23.5. The average molecular weight is 339 g/mol. The second-order valence-electron chi connectivity index (χ2n) is 6.10. The number of hydrogen-bond donors (Lipinski definition) is 1. The highest BCUT2D eigenvalue weighted by Gasteiger charge is 2.11. The number of carbonyl (C=O) groups is 1. The van der Waals surface area contributed by atoms with Gasteiger partial charge in [-0.1, -0.05) is 60.7 Å². The van der Waals surface area contributed by atoms with Gasteiger partial charge in [-0.15, -0.1) is 0 Å². The maximum atomic E-state index is 12.6. The van der Waals surface area contributed by atoms with Crippen molar-refractivity contribution in [3.63, 3.8) is 0 Å². The Morgan fingerprint density at radius 1 is 0.962 bits per heavy atom. The Morgan fingerprint density at radius 3 is 2.58 bits per heavy atom. The maximum Gasteiger partial charge on any atom is 0.272 e. The predicted octanol–water partition coefficient (Wildman–Crippen LogP) is 4.46. The lowest BCUT2D eigenvalue weighted by Gasteiger charge is -2.06. The molecular formula is C22H17N3O. The molecule has 0 saturated carbocycles. The van der Waals surface area contributed by atoms with Crippen molar-refractivity contribution in [1.82, 2.24) is 10.4 Å². The van der Waals surface area contributed by atoms with Gasteiger partial charge in [-0.25, -0.2) is 5.43 Å². The highest BCUT2D eigenvalue weighted by molar-refractivity contribution is 6.06. The lowest BCUT2D eigenvalue weighted by atomic mass is 10.1. The minimum Gasteiger partial charge on any atom is -0.267 e. The van der Waals surface area contributed by atoms with E-state index < -0.39 is 0 Å². The third-order valence-electron chi connectivity index (χ3n) is 4.28. The second-order valence-corrected chi connectivity index (χ2v) is 6.10. The monoisotopic (exact) mass is 339 g/mol. The maximum absolute atomic E-state index is 12.6. The number of amides is 1. The van der Waals surface area contributed by atoms with Gasteiger partial charge in [0.1, 0.15) is 0 Å². The molecule has 126 valence electrons. The highest BCUT2D eigenvalue weighted by atomic mass is 16.2. The van der Waals surface area contributed by atoms with Crippen LogP contribution >= 0.6 is 0 Å². The SMILES string of the molecule is Cc1cc(C(=O)N/N=C\c2cccc3ccccc23)c2ccccc2n1. The number of rotatable bonds is 3. The first kappa shape index (κ1) is 16.0. The fourth-order valence-electron chi connectivity index (χ4n) is 3.08. The van der Waals surface area contributed by atoms with Gasteiger partial charge < -0.3 is 0 Å². The number of pyridine rings is 1. The number of benzene rings is 3. The minimum absolute atomic E-state index is 0.247. The van der Waals surface area contributed by atoms with Crippen LogP contribution < -0.4 is 5.43 Å². The van der Waals surface area contributed by atoms with Crippen LogP contribution in [-0.4, -0.2) is 17.1 Å². The molecule has 0 aliphatic rings. The predicted molar refractivity (Wildman–Crippen MR) is 105 cm³/mol. The van der Waals surface area contributed by atoms with E-state index in [-0.39, 0.29) is 5.91 Å². The van der Waals surface area contributed by atoms with E-state index >= 15 is 0 Å². The van der Waals surface area contributed by atoms with Gasteiger partial charge in [0.05, 0.1) is 17.3 Å². The lowest BCUT2D eigenvalue weighted by molar-refractivity contribution is 0.0956. The van der Waals surface area contributed by atoms with Gasteiger partial charge in [0.2, 0.25) is 0 Å². The quantitative estimate of drug-likeness (QED) is 0.442. The Labute approximate surface area is 151 Å². The Kier molecular flexibility index (Phi) is 4.15. The number of hydrogen-bond acceptors (Lipinski definition) is 3. The molecule has 0 aliphatic heterocycles. The molecule has 1 aromatic heterocycles. The molecule has 0 saturated heterocycles. The standard InChI is InChI=1S/C22H17N3O/c1-15-13-20(19-11-4-5-12-21(19)24-15)22(26)25-23-14-17-9-6-8-16-7-2-3-10-18(16)17/h2-14H,1H3,(H,25,26)/b23-14-. The summed E-state index contributed by atoms with van der Waals surface area (Å²) in [7, 11) is 0. The zero-order valence-electron chi connectivity index (χ0n) is 14.3. The van der Waals surface area contributed by atoms with Crippen molar-refractivity contribution in [2.45, 2.75) is 6.92 Å². The van der Waals surface area contributed by atoms with Gasteiger partial charge >= 0.3 is 0 Å². The Morgan fingerprint density at radius 2 is 1.69 bits per heavy atom. The fraction of sp³-hybridized carbons (Fsp3) is 0.0455. The van der Waals surface area contributed by atoms with Gasteiger partial charge in [0, 0.05) is 16.6 Å². The molecule has 3 aromatic carbocycles. The molecule has 0 fully saturated rings. The molecule has 0 spiro atoms. The fourth-order valence-corrected chi connectivity index (χ4v) is 3.08. The Hall–Kier alpha value is -3.53. The van der Waals surface area contributed by atoms with Crippen molar-refractivity contribution in [3.8, 4) is 0 Å². The van der Waals surface area contributed by atoms with Crippen molar-refractivity contribution in [2.24, 2.45) is 5.10 Å². The highest BCUT2D eigenvalue weighted by Crippen LogP contribution is 2.19. The van der Waals surface area contributed by atoms with Crippen LogP contribution in [0, 0.1) is 6.92 Å². The number of fused-ring (bicyclic) bond motifs is 2. The summed E-state index contributed by atoms with van der Waals surface area (Å²) in [5.41, 5.74) is 5.76. The first-order valence-corrected chi connectivity index (χ1v) is 8.40. The van der Waals surface area contributed by atoms with Crippen LogP contribution in [0.2, 0.25) is 0 Å². The van der Waals surface area contributed by atoms with Crippen molar-refractivity contribution >= 4 is 33.8 Å². The van der Waals surface area contributed by atoms with E-state index in [9.17, 15) is 4.79 Å². The Balaban J connectivity index is 1.62. The molecule has 0 unspecified atom stereocenters. The number of nitrogens with zero attached hydrogens (tertiary/aromatic N) is 2. The van der Waals surface area contributed by atoms with Crippen LogP contribution in [0.25, 0.3) is 21.7 Å². The largest absolute Gasteiger partial charge is 0.272 e. The van der Waals surface area contributed by atoms with E-state index in [0.717, 1.165) is 32.9 Å². The number of para-hydroxylation sites is 1. The van der Waals surface area contributed by atoms with E-state index in [1.54, 1.807) is 12.3 Å². The van der Waals surface area contributed by atoms with Gasteiger partial charge in [0.25, 0.3) is 5.91 Å². The van der Waals surface area contributed by atoms with Crippen LogP contribution in [0.1, 0.15) is 21.6 Å². The van der Waals surface area contributed by atoms with Gasteiger partial charge in [-0.05, 0) is 29.8 Å². The molecule has 1 N–H and O–H groups in total. The van der Waals surface area contributed by atoms with E-state index in [2.05, 4.69) is 27.6 Å². The number of aryl methyl sites for hydroxylation is 1. The molecule has 0 bridgehead atoms. The average Bonchev–Trinajstić information content (AvgIpc) is 2.67. The smallest absolute Gasteiger partial charge is 0.267 e. The first-order chi connectivity index (χ1) is 12.7. The topological polar surface area (TPSA) is 54.4 Å². The lowest BCUT2D eigenvalue weighted by Crippen LogP contribution is -2.18. The summed E-state index contributed by atoms with van der Waals surface area (Å²) < 4.78 is 0. The third-order valence-corrected chi connectivity index (χ3v) is 4.28. The molecule has 1 amide bonds. The van der Waals surface area contributed by atoms with Crippen LogP contribution in [0.3, 0.4) is 0 Å². The number of aromatic nitrogens is 1.